The molecule has 78 valence electrons. The second kappa shape index (κ2) is 4.03. The van der Waals surface area contributed by atoms with Crippen molar-refractivity contribution in [2.24, 2.45) is 0 Å². The van der Waals surface area contributed by atoms with E-state index in [4.69, 9.17) is 0 Å². The minimum atomic E-state index is 0.628. The van der Waals surface area contributed by atoms with Gasteiger partial charge in [-0.2, -0.15) is 0 Å². The number of hydrogen-bond acceptors (Lipinski definition) is 2. The number of aryl methyl sites for hydroxylation is 1. The maximum atomic E-state index is 4.40. The van der Waals surface area contributed by atoms with Gasteiger partial charge in [-0.3, -0.25) is 0 Å². The summed E-state index contributed by atoms with van der Waals surface area (Å²) in [6.45, 7) is 5.50. The van der Waals surface area contributed by atoms with Crippen molar-refractivity contribution in [2.75, 3.05) is 11.4 Å². The van der Waals surface area contributed by atoms with E-state index in [-0.39, 0.29) is 0 Å². The summed E-state index contributed by atoms with van der Waals surface area (Å²) in [5, 5.41) is 0. The number of nitrogens with zero attached hydrogens (tertiary/aromatic N) is 2. The molecule has 0 spiro atoms. The maximum Gasteiger partial charge on any atom is 0.203 e. The Bertz CT molecular complexity index is 292. The van der Waals surface area contributed by atoms with Gasteiger partial charge < -0.3 is 9.88 Å². The Labute approximate surface area is 85.5 Å². The molecule has 0 saturated carbocycles. The van der Waals surface area contributed by atoms with Gasteiger partial charge in [0.2, 0.25) is 5.95 Å². The van der Waals surface area contributed by atoms with E-state index in [2.05, 4.69) is 28.7 Å². The number of H-pyrrole nitrogens is 1. The molecule has 0 aliphatic carbocycles. The molecule has 0 radical (unpaired) electrons. The van der Waals surface area contributed by atoms with Crippen molar-refractivity contribution in [1.82, 2.24) is 9.97 Å². The summed E-state index contributed by atoms with van der Waals surface area (Å²) in [5.74, 6) is 1.05. The van der Waals surface area contributed by atoms with Gasteiger partial charge in [0, 0.05) is 24.5 Å². The van der Waals surface area contributed by atoms with Crippen LogP contribution >= 0.6 is 0 Å². The molecule has 3 nitrogen and oxygen atoms in total. The fourth-order valence-electron chi connectivity index (χ4n) is 2.13. The Hall–Kier alpha value is -0.990. The van der Waals surface area contributed by atoms with Gasteiger partial charge >= 0.3 is 0 Å². The summed E-state index contributed by atoms with van der Waals surface area (Å²) in [7, 11) is 0. The van der Waals surface area contributed by atoms with Crippen LogP contribution in [-0.4, -0.2) is 22.6 Å². The molecule has 1 unspecified atom stereocenters. The molecule has 1 atom stereocenters. The number of aromatic nitrogens is 2. The zero-order chi connectivity index (χ0) is 9.97. The Morgan fingerprint density at radius 3 is 3.00 bits per heavy atom. The van der Waals surface area contributed by atoms with Gasteiger partial charge in [0.15, 0.2) is 0 Å². The van der Waals surface area contributed by atoms with Crippen LogP contribution in [0.4, 0.5) is 5.95 Å². The fourth-order valence-corrected chi connectivity index (χ4v) is 2.13. The zero-order valence-corrected chi connectivity index (χ0v) is 9.08. The largest absolute Gasteiger partial charge is 0.340 e. The average molecular weight is 193 g/mol. The number of imidazole rings is 1. The van der Waals surface area contributed by atoms with Gasteiger partial charge in [0.25, 0.3) is 0 Å². The van der Waals surface area contributed by atoms with Crippen molar-refractivity contribution in [2.45, 2.75) is 45.6 Å². The van der Waals surface area contributed by atoms with Crippen molar-refractivity contribution in [3.8, 4) is 0 Å². The lowest BCUT2D eigenvalue weighted by Crippen LogP contribution is -2.33. The molecule has 1 N–H and O–H groups in total. The molecular formula is C11H19N3. The highest BCUT2D eigenvalue weighted by Gasteiger charge is 2.18. The quantitative estimate of drug-likeness (QED) is 0.743. The zero-order valence-electron chi connectivity index (χ0n) is 9.08. The number of anilines is 1. The highest BCUT2D eigenvalue weighted by Crippen LogP contribution is 2.21. The second-order valence-electron chi connectivity index (χ2n) is 4.28. The molecule has 1 aliphatic heterocycles. The van der Waals surface area contributed by atoms with Gasteiger partial charge in [-0.05, 0) is 26.7 Å². The smallest absolute Gasteiger partial charge is 0.203 e. The fraction of sp³-hybridized carbons (Fsp3) is 0.727. The van der Waals surface area contributed by atoms with Crippen molar-refractivity contribution < 1.29 is 0 Å². The van der Waals surface area contributed by atoms with Crippen LogP contribution in [0, 0.1) is 6.92 Å². The van der Waals surface area contributed by atoms with Crippen LogP contribution < -0.4 is 4.90 Å². The van der Waals surface area contributed by atoms with E-state index in [9.17, 15) is 0 Å². The Kier molecular flexibility index (Phi) is 2.75. The first kappa shape index (κ1) is 9.56. The van der Waals surface area contributed by atoms with E-state index in [1.165, 1.54) is 25.7 Å². The van der Waals surface area contributed by atoms with Gasteiger partial charge in [0.05, 0.1) is 0 Å². The molecule has 14 heavy (non-hydrogen) atoms. The van der Waals surface area contributed by atoms with Crippen LogP contribution in [0.3, 0.4) is 0 Å². The van der Waals surface area contributed by atoms with E-state index in [1.807, 2.05) is 6.20 Å². The summed E-state index contributed by atoms with van der Waals surface area (Å²) < 4.78 is 0. The molecule has 1 aromatic rings. The second-order valence-corrected chi connectivity index (χ2v) is 4.28. The summed E-state index contributed by atoms with van der Waals surface area (Å²) in [6.07, 6.45) is 7.22. The number of hydrogen-bond donors (Lipinski definition) is 1. The lowest BCUT2D eigenvalue weighted by atomic mass is 10.1. The summed E-state index contributed by atoms with van der Waals surface area (Å²) in [5.41, 5.74) is 1.15. The van der Waals surface area contributed by atoms with Gasteiger partial charge in [0.1, 0.15) is 0 Å². The topological polar surface area (TPSA) is 31.9 Å². The van der Waals surface area contributed by atoms with Crippen LogP contribution in [0.1, 0.15) is 38.3 Å². The van der Waals surface area contributed by atoms with Crippen molar-refractivity contribution in [3.05, 3.63) is 11.9 Å². The predicted octanol–water partition coefficient (Wildman–Crippen LogP) is 2.49. The first-order valence-electron chi connectivity index (χ1n) is 5.55. The van der Waals surface area contributed by atoms with Crippen LogP contribution in [0.2, 0.25) is 0 Å². The monoisotopic (exact) mass is 193 g/mol. The number of nitrogens with one attached hydrogen (secondary N) is 1. The summed E-state index contributed by atoms with van der Waals surface area (Å²) >= 11 is 0. The van der Waals surface area contributed by atoms with Gasteiger partial charge in [-0.15, -0.1) is 0 Å². The molecule has 0 amide bonds. The van der Waals surface area contributed by atoms with Crippen LogP contribution in [0.15, 0.2) is 6.20 Å². The average Bonchev–Trinajstić information content (AvgIpc) is 2.46. The van der Waals surface area contributed by atoms with Crippen molar-refractivity contribution >= 4 is 5.95 Å². The van der Waals surface area contributed by atoms with Crippen LogP contribution in [0.25, 0.3) is 0 Å². The lowest BCUT2D eigenvalue weighted by molar-refractivity contribution is 0.607. The van der Waals surface area contributed by atoms with E-state index in [0.29, 0.717) is 6.04 Å². The van der Waals surface area contributed by atoms with Gasteiger partial charge in [-0.25, -0.2) is 4.98 Å². The van der Waals surface area contributed by atoms with Crippen molar-refractivity contribution in [1.29, 1.82) is 0 Å². The molecule has 1 saturated heterocycles. The molecule has 2 heterocycles. The summed E-state index contributed by atoms with van der Waals surface area (Å²) in [6, 6.07) is 0.628. The number of aromatic amines is 1. The maximum absolute atomic E-state index is 4.40. The van der Waals surface area contributed by atoms with Crippen molar-refractivity contribution in [3.63, 3.8) is 0 Å². The summed E-state index contributed by atoms with van der Waals surface area (Å²) in [4.78, 5) is 10.1. The first-order valence-corrected chi connectivity index (χ1v) is 5.55. The molecule has 2 rings (SSSR count). The highest BCUT2D eigenvalue weighted by molar-refractivity contribution is 5.32. The third-order valence-electron chi connectivity index (χ3n) is 3.01. The normalized spacial score (nSPS) is 23.6. The molecule has 1 aromatic heterocycles. The molecular weight excluding hydrogens is 174 g/mol. The third kappa shape index (κ3) is 1.91. The third-order valence-corrected chi connectivity index (χ3v) is 3.01. The predicted molar refractivity (Wildman–Crippen MR) is 58.6 cm³/mol. The lowest BCUT2D eigenvalue weighted by Gasteiger charge is -2.26. The molecule has 3 heteroatoms. The van der Waals surface area contributed by atoms with Gasteiger partial charge in [-0.1, -0.05) is 12.8 Å². The molecule has 0 bridgehead atoms. The van der Waals surface area contributed by atoms with Crippen LogP contribution in [0.5, 0.6) is 0 Å². The number of rotatable bonds is 1. The minimum absolute atomic E-state index is 0.628. The molecule has 1 fully saturated rings. The minimum Gasteiger partial charge on any atom is -0.340 e. The van der Waals surface area contributed by atoms with E-state index in [0.717, 1.165) is 18.2 Å². The van der Waals surface area contributed by atoms with E-state index < -0.39 is 0 Å². The van der Waals surface area contributed by atoms with E-state index in [1.54, 1.807) is 0 Å². The standard InChI is InChI=1S/C11H19N3/c1-9-8-12-11(13-9)14-7-5-3-4-6-10(14)2/h8,10H,3-7H2,1-2H3,(H,12,13). The van der Waals surface area contributed by atoms with Crippen LogP contribution in [-0.2, 0) is 0 Å². The Morgan fingerprint density at radius 2 is 2.29 bits per heavy atom. The Balaban J connectivity index is 2.14. The molecule has 0 aromatic carbocycles. The first-order chi connectivity index (χ1) is 6.77. The SMILES string of the molecule is Cc1cnc(N2CCCCCC2C)[nH]1. The Morgan fingerprint density at radius 1 is 1.43 bits per heavy atom. The molecule has 1 aliphatic rings. The van der Waals surface area contributed by atoms with E-state index >= 15 is 0 Å². The highest BCUT2D eigenvalue weighted by atomic mass is 15.3.